The van der Waals surface area contributed by atoms with E-state index in [4.69, 9.17) is 5.11 Å². The van der Waals surface area contributed by atoms with E-state index in [1.54, 1.807) is 0 Å². The van der Waals surface area contributed by atoms with Gasteiger partial charge >= 0.3 is 5.97 Å². The van der Waals surface area contributed by atoms with Crippen molar-refractivity contribution in [2.45, 2.75) is 43.4 Å². The van der Waals surface area contributed by atoms with Crippen molar-refractivity contribution in [1.29, 1.82) is 0 Å². The topological polar surface area (TPSA) is 101 Å². The second-order valence-corrected chi connectivity index (χ2v) is 7.32. The Morgan fingerprint density at radius 3 is 2.33 bits per heavy atom. The molecule has 102 valence electrons. The molecule has 2 rings (SSSR count). The summed E-state index contributed by atoms with van der Waals surface area (Å²) >= 11 is 0. The van der Waals surface area contributed by atoms with Crippen molar-refractivity contribution in [2.24, 2.45) is 5.92 Å². The zero-order valence-electron chi connectivity index (χ0n) is 9.96. The molecule has 1 saturated heterocycles. The van der Waals surface area contributed by atoms with Gasteiger partial charge in [0.15, 0.2) is 9.84 Å². The largest absolute Gasteiger partial charge is 0.480 e. The van der Waals surface area contributed by atoms with Crippen LogP contribution in [0.2, 0.25) is 0 Å². The smallest absolute Gasteiger partial charge is 0.326 e. The summed E-state index contributed by atoms with van der Waals surface area (Å²) in [6, 6.07) is -0.936. The number of carboxylic acids is 1. The van der Waals surface area contributed by atoms with E-state index < -0.39 is 33.0 Å². The summed E-state index contributed by atoms with van der Waals surface area (Å²) in [6.07, 6.45) is 3.12. The van der Waals surface area contributed by atoms with Crippen molar-refractivity contribution >= 4 is 21.7 Å². The third-order valence-corrected chi connectivity index (χ3v) is 5.70. The highest BCUT2D eigenvalue weighted by Gasteiger charge is 2.41. The van der Waals surface area contributed by atoms with Crippen LogP contribution in [0, 0.1) is 5.92 Å². The Labute approximate surface area is 106 Å². The molecule has 2 atom stereocenters. The van der Waals surface area contributed by atoms with Gasteiger partial charge in [-0.2, -0.15) is 0 Å². The summed E-state index contributed by atoms with van der Waals surface area (Å²) in [5.74, 6) is -1.75. The molecule has 0 aromatic heterocycles. The number of hydrogen-bond acceptors (Lipinski definition) is 4. The van der Waals surface area contributed by atoms with Gasteiger partial charge in [0.05, 0.1) is 5.75 Å². The number of rotatable bonds is 4. The predicted octanol–water partition coefficient (Wildman–Crippen LogP) is -0.0669. The average molecular weight is 275 g/mol. The van der Waals surface area contributed by atoms with Crippen LogP contribution in [0.4, 0.5) is 0 Å². The molecule has 2 aliphatic rings. The van der Waals surface area contributed by atoms with Crippen LogP contribution < -0.4 is 5.32 Å². The molecular weight excluding hydrogens is 258 g/mol. The van der Waals surface area contributed by atoms with Crippen LogP contribution in [0.1, 0.15) is 32.1 Å². The summed E-state index contributed by atoms with van der Waals surface area (Å²) in [5.41, 5.74) is 0. The maximum absolute atomic E-state index is 11.9. The Morgan fingerprint density at radius 1 is 1.17 bits per heavy atom. The van der Waals surface area contributed by atoms with Crippen LogP contribution in [0.3, 0.4) is 0 Å². The maximum atomic E-state index is 11.9. The lowest BCUT2D eigenvalue weighted by molar-refractivity contribution is -0.142. The van der Waals surface area contributed by atoms with Gasteiger partial charge in [-0.3, -0.25) is 4.79 Å². The summed E-state index contributed by atoms with van der Waals surface area (Å²) < 4.78 is 23.5. The molecule has 0 aromatic rings. The van der Waals surface area contributed by atoms with Crippen LogP contribution >= 0.6 is 0 Å². The van der Waals surface area contributed by atoms with E-state index in [1.165, 1.54) is 0 Å². The Kier molecular flexibility index (Phi) is 3.61. The Hall–Kier alpha value is -1.11. The van der Waals surface area contributed by atoms with Crippen LogP contribution in [0.15, 0.2) is 0 Å². The number of hydrogen-bond donors (Lipinski definition) is 2. The molecule has 2 fully saturated rings. The van der Waals surface area contributed by atoms with Crippen molar-refractivity contribution in [2.75, 3.05) is 5.75 Å². The lowest BCUT2D eigenvalue weighted by atomic mass is 10.1. The number of carboxylic acid groups (broad SMARTS) is 1. The van der Waals surface area contributed by atoms with Crippen LogP contribution in [-0.2, 0) is 19.4 Å². The Balaban J connectivity index is 2.04. The first-order valence-corrected chi connectivity index (χ1v) is 7.88. The first-order chi connectivity index (χ1) is 8.42. The molecule has 1 aliphatic carbocycles. The van der Waals surface area contributed by atoms with Crippen LogP contribution in [0.5, 0.6) is 0 Å². The van der Waals surface area contributed by atoms with E-state index >= 15 is 0 Å². The van der Waals surface area contributed by atoms with E-state index in [0.29, 0.717) is 19.3 Å². The minimum atomic E-state index is -3.40. The summed E-state index contributed by atoms with van der Waals surface area (Å²) in [5, 5.41) is 10.3. The first-order valence-electron chi connectivity index (χ1n) is 6.16. The fraction of sp³-hybridized carbons (Fsp3) is 0.818. The van der Waals surface area contributed by atoms with Crippen molar-refractivity contribution in [1.82, 2.24) is 5.32 Å². The summed E-state index contributed by atoms with van der Waals surface area (Å²) in [7, 11) is -3.40. The zero-order valence-corrected chi connectivity index (χ0v) is 10.8. The molecule has 0 bridgehead atoms. The minimum Gasteiger partial charge on any atom is -0.480 e. The highest BCUT2D eigenvalue weighted by molar-refractivity contribution is 7.92. The second-order valence-electron chi connectivity index (χ2n) is 5.01. The van der Waals surface area contributed by atoms with Gasteiger partial charge in [-0.15, -0.1) is 0 Å². The van der Waals surface area contributed by atoms with E-state index in [-0.39, 0.29) is 11.7 Å². The van der Waals surface area contributed by atoms with E-state index in [0.717, 1.165) is 12.8 Å². The third kappa shape index (κ3) is 2.82. The van der Waals surface area contributed by atoms with Crippen molar-refractivity contribution < 1.29 is 23.1 Å². The molecule has 1 aliphatic heterocycles. The number of aliphatic carboxylic acids is 1. The fourth-order valence-electron chi connectivity index (χ4n) is 2.31. The molecule has 6 nitrogen and oxygen atoms in total. The first kappa shape index (κ1) is 13.3. The van der Waals surface area contributed by atoms with Gasteiger partial charge in [0.2, 0.25) is 5.91 Å². The molecule has 1 heterocycles. The van der Waals surface area contributed by atoms with Gasteiger partial charge in [-0.1, -0.05) is 6.42 Å². The standard InChI is InChI=1S/C11H17NO5S/c13-10(8-3-1-2-6-18(8,16)17)12-9(11(14)15)7-4-5-7/h7-9H,1-6H2,(H,12,13)(H,14,15). The van der Waals surface area contributed by atoms with E-state index in [1.807, 2.05) is 0 Å². The monoisotopic (exact) mass is 275 g/mol. The molecule has 0 aromatic carbocycles. The molecule has 1 amide bonds. The lowest BCUT2D eigenvalue weighted by Gasteiger charge is -2.23. The molecule has 1 saturated carbocycles. The van der Waals surface area contributed by atoms with Crippen LogP contribution in [0.25, 0.3) is 0 Å². The molecular formula is C11H17NO5S. The van der Waals surface area contributed by atoms with Gasteiger partial charge < -0.3 is 10.4 Å². The molecule has 2 unspecified atom stereocenters. The van der Waals surface area contributed by atoms with Gasteiger partial charge in [-0.25, -0.2) is 13.2 Å². The van der Waals surface area contributed by atoms with Gasteiger partial charge in [-0.05, 0) is 31.6 Å². The predicted molar refractivity (Wildman–Crippen MR) is 63.7 cm³/mol. The summed E-state index contributed by atoms with van der Waals surface area (Å²) in [4.78, 5) is 22.9. The van der Waals surface area contributed by atoms with Crippen LogP contribution in [-0.4, -0.2) is 42.4 Å². The molecule has 18 heavy (non-hydrogen) atoms. The molecule has 2 N–H and O–H groups in total. The Bertz CT molecular complexity index is 454. The molecule has 7 heteroatoms. The van der Waals surface area contributed by atoms with Crippen molar-refractivity contribution in [3.8, 4) is 0 Å². The molecule has 0 spiro atoms. The minimum absolute atomic E-state index is 0.0201. The molecule has 0 radical (unpaired) electrons. The van der Waals surface area contributed by atoms with Gasteiger partial charge in [0, 0.05) is 0 Å². The van der Waals surface area contributed by atoms with Crippen molar-refractivity contribution in [3.05, 3.63) is 0 Å². The SMILES string of the molecule is O=C(O)C(NC(=O)C1CCCCS1(=O)=O)C1CC1. The number of nitrogens with one attached hydrogen (secondary N) is 1. The zero-order chi connectivity index (χ0) is 13.3. The van der Waals surface area contributed by atoms with Gasteiger partial charge in [0.25, 0.3) is 0 Å². The third-order valence-electron chi connectivity index (χ3n) is 3.53. The maximum Gasteiger partial charge on any atom is 0.326 e. The number of sulfone groups is 1. The lowest BCUT2D eigenvalue weighted by Crippen LogP contribution is -2.50. The number of carbonyl (C=O) groups excluding carboxylic acids is 1. The number of carbonyl (C=O) groups is 2. The fourth-order valence-corrected chi connectivity index (χ4v) is 4.12. The Morgan fingerprint density at radius 2 is 1.83 bits per heavy atom. The van der Waals surface area contributed by atoms with Crippen molar-refractivity contribution in [3.63, 3.8) is 0 Å². The highest BCUT2D eigenvalue weighted by Crippen LogP contribution is 2.33. The van der Waals surface area contributed by atoms with Gasteiger partial charge in [0.1, 0.15) is 11.3 Å². The number of amides is 1. The quantitative estimate of drug-likeness (QED) is 0.748. The van der Waals surface area contributed by atoms with E-state index in [2.05, 4.69) is 5.32 Å². The second kappa shape index (κ2) is 4.87. The average Bonchev–Trinajstić information content (AvgIpc) is 3.08. The highest BCUT2D eigenvalue weighted by atomic mass is 32.2. The summed E-state index contributed by atoms with van der Waals surface area (Å²) in [6.45, 7) is 0. The normalized spacial score (nSPS) is 28.3. The van der Waals surface area contributed by atoms with E-state index in [9.17, 15) is 18.0 Å².